The fraction of sp³-hybridized carbons (Fsp3) is 0.222. The number of benzene rings is 1. The van der Waals surface area contributed by atoms with E-state index in [1.54, 1.807) is 23.2 Å². The third-order valence-electron chi connectivity index (χ3n) is 4.26. The van der Waals surface area contributed by atoms with Crippen molar-refractivity contribution in [3.8, 4) is 11.4 Å². The SMILES string of the molecule is O=C(Nc1ccc(Cl)nc1)N1CCN(c2nc(-c3ccccc3)ns2)CC1. The Morgan fingerprint density at radius 1 is 1.07 bits per heavy atom. The highest BCUT2D eigenvalue weighted by molar-refractivity contribution is 7.09. The van der Waals surface area contributed by atoms with E-state index >= 15 is 0 Å². The van der Waals surface area contributed by atoms with E-state index in [0.717, 1.165) is 29.6 Å². The molecule has 0 atom stereocenters. The molecule has 0 unspecified atom stereocenters. The summed E-state index contributed by atoms with van der Waals surface area (Å²) in [6.07, 6.45) is 1.54. The number of amides is 2. The molecule has 1 fully saturated rings. The summed E-state index contributed by atoms with van der Waals surface area (Å²) in [7, 11) is 0. The number of halogens is 1. The second-order valence-corrected chi connectivity index (χ2v) is 7.16. The number of hydrogen-bond donors (Lipinski definition) is 1. The molecular weight excluding hydrogens is 384 g/mol. The summed E-state index contributed by atoms with van der Waals surface area (Å²) in [5, 5.41) is 4.12. The lowest BCUT2D eigenvalue weighted by atomic mass is 10.2. The van der Waals surface area contributed by atoms with Crippen molar-refractivity contribution in [3.63, 3.8) is 0 Å². The van der Waals surface area contributed by atoms with Crippen molar-refractivity contribution in [1.29, 1.82) is 0 Å². The van der Waals surface area contributed by atoms with Crippen LogP contribution in [-0.4, -0.2) is 51.5 Å². The third-order valence-corrected chi connectivity index (χ3v) is 5.26. The molecule has 0 radical (unpaired) electrons. The van der Waals surface area contributed by atoms with Crippen molar-refractivity contribution in [3.05, 3.63) is 53.8 Å². The summed E-state index contributed by atoms with van der Waals surface area (Å²) in [5.74, 6) is 0.742. The molecule has 3 aromatic rings. The summed E-state index contributed by atoms with van der Waals surface area (Å²) < 4.78 is 4.46. The van der Waals surface area contributed by atoms with Gasteiger partial charge in [-0.3, -0.25) is 0 Å². The van der Waals surface area contributed by atoms with Crippen molar-refractivity contribution in [2.75, 3.05) is 36.4 Å². The number of hydrogen-bond acceptors (Lipinski definition) is 6. The van der Waals surface area contributed by atoms with Crippen LogP contribution in [0.25, 0.3) is 11.4 Å². The maximum Gasteiger partial charge on any atom is 0.322 e. The molecule has 1 aliphatic heterocycles. The number of nitrogens with zero attached hydrogens (tertiary/aromatic N) is 5. The molecule has 4 rings (SSSR count). The van der Waals surface area contributed by atoms with Gasteiger partial charge in [0, 0.05) is 43.3 Å². The van der Waals surface area contributed by atoms with Crippen molar-refractivity contribution < 1.29 is 4.79 Å². The normalized spacial score (nSPS) is 14.3. The fourth-order valence-corrected chi connectivity index (χ4v) is 3.65. The van der Waals surface area contributed by atoms with E-state index in [-0.39, 0.29) is 6.03 Å². The monoisotopic (exact) mass is 400 g/mol. The fourth-order valence-electron chi connectivity index (χ4n) is 2.80. The lowest BCUT2D eigenvalue weighted by molar-refractivity contribution is 0.208. The van der Waals surface area contributed by atoms with Crippen LogP contribution >= 0.6 is 23.1 Å². The van der Waals surface area contributed by atoms with Gasteiger partial charge in [0.25, 0.3) is 0 Å². The summed E-state index contributed by atoms with van der Waals surface area (Å²) in [4.78, 5) is 25.0. The summed E-state index contributed by atoms with van der Waals surface area (Å²) in [6.45, 7) is 2.67. The molecule has 1 aromatic carbocycles. The van der Waals surface area contributed by atoms with Gasteiger partial charge in [0.2, 0.25) is 5.13 Å². The Kier molecular flexibility index (Phi) is 5.17. The first-order valence-corrected chi connectivity index (χ1v) is 9.66. The molecule has 9 heteroatoms. The summed E-state index contributed by atoms with van der Waals surface area (Å²) >= 11 is 7.15. The average Bonchev–Trinajstić information content (AvgIpc) is 3.21. The highest BCUT2D eigenvalue weighted by Gasteiger charge is 2.23. The van der Waals surface area contributed by atoms with Gasteiger partial charge in [-0.15, -0.1) is 0 Å². The Morgan fingerprint density at radius 2 is 1.85 bits per heavy atom. The smallest absolute Gasteiger partial charge is 0.322 e. The molecular formula is C18H17ClN6OS. The molecule has 27 heavy (non-hydrogen) atoms. The van der Waals surface area contributed by atoms with Crippen LogP contribution in [0.1, 0.15) is 0 Å². The standard InChI is InChI=1S/C18H17ClN6OS/c19-15-7-6-14(12-20-15)21-17(26)24-8-10-25(11-9-24)18-22-16(23-27-18)13-4-2-1-3-5-13/h1-7,12H,8-11H2,(H,21,26). The van der Waals surface area contributed by atoms with Crippen LogP contribution in [0.2, 0.25) is 5.15 Å². The largest absolute Gasteiger partial charge is 0.343 e. The van der Waals surface area contributed by atoms with Gasteiger partial charge < -0.3 is 15.1 Å². The Morgan fingerprint density at radius 3 is 2.56 bits per heavy atom. The number of carbonyl (C=O) groups is 1. The van der Waals surface area contributed by atoms with Gasteiger partial charge in [0.1, 0.15) is 5.15 Å². The molecule has 1 aliphatic rings. The van der Waals surface area contributed by atoms with Crippen LogP contribution in [-0.2, 0) is 0 Å². The molecule has 3 heterocycles. The number of carbonyl (C=O) groups excluding carboxylic acids is 1. The van der Waals surface area contributed by atoms with Crippen molar-refractivity contribution in [2.45, 2.75) is 0 Å². The molecule has 0 spiro atoms. The zero-order chi connectivity index (χ0) is 18.6. The molecule has 0 bridgehead atoms. The Labute approximate surface area is 165 Å². The number of rotatable bonds is 3. The maximum absolute atomic E-state index is 12.4. The number of anilines is 2. The van der Waals surface area contributed by atoms with Crippen molar-refractivity contribution >= 4 is 40.0 Å². The van der Waals surface area contributed by atoms with Gasteiger partial charge in [-0.2, -0.15) is 9.36 Å². The molecule has 0 aliphatic carbocycles. The third kappa shape index (κ3) is 4.17. The molecule has 1 N–H and O–H groups in total. The second kappa shape index (κ2) is 7.89. The van der Waals surface area contributed by atoms with E-state index in [1.165, 1.54) is 11.5 Å². The predicted octanol–water partition coefficient (Wildman–Crippen LogP) is 3.61. The van der Waals surface area contributed by atoms with Gasteiger partial charge >= 0.3 is 6.03 Å². The highest BCUT2D eigenvalue weighted by atomic mass is 35.5. The first kappa shape index (κ1) is 17.7. The van der Waals surface area contributed by atoms with E-state index in [2.05, 4.69) is 24.6 Å². The number of piperazine rings is 1. The lowest BCUT2D eigenvalue weighted by Gasteiger charge is -2.34. The Hall–Kier alpha value is -2.71. The van der Waals surface area contributed by atoms with E-state index in [0.29, 0.717) is 23.9 Å². The van der Waals surface area contributed by atoms with Crippen LogP contribution < -0.4 is 10.2 Å². The summed E-state index contributed by atoms with van der Waals surface area (Å²) in [5.41, 5.74) is 1.64. The number of aromatic nitrogens is 3. The van der Waals surface area contributed by atoms with Crippen LogP contribution in [0.15, 0.2) is 48.7 Å². The molecule has 2 amide bonds. The minimum atomic E-state index is -0.138. The maximum atomic E-state index is 12.4. The van der Waals surface area contributed by atoms with E-state index in [9.17, 15) is 4.79 Å². The van der Waals surface area contributed by atoms with E-state index in [1.807, 2.05) is 30.3 Å². The topological polar surface area (TPSA) is 74.2 Å². The first-order valence-electron chi connectivity index (χ1n) is 8.50. The van der Waals surface area contributed by atoms with Crippen LogP contribution in [0.5, 0.6) is 0 Å². The summed E-state index contributed by atoms with van der Waals surface area (Å²) in [6, 6.07) is 13.2. The molecule has 138 valence electrons. The lowest BCUT2D eigenvalue weighted by Crippen LogP contribution is -2.50. The van der Waals surface area contributed by atoms with Gasteiger partial charge in [-0.25, -0.2) is 9.78 Å². The average molecular weight is 401 g/mol. The van der Waals surface area contributed by atoms with Gasteiger partial charge in [-0.05, 0) is 12.1 Å². The Bertz CT molecular complexity index is 909. The highest BCUT2D eigenvalue weighted by Crippen LogP contribution is 2.24. The molecule has 7 nitrogen and oxygen atoms in total. The minimum absolute atomic E-state index is 0.138. The molecule has 0 saturated carbocycles. The van der Waals surface area contributed by atoms with Gasteiger partial charge in [0.05, 0.1) is 11.9 Å². The zero-order valence-electron chi connectivity index (χ0n) is 14.4. The predicted molar refractivity (Wildman–Crippen MR) is 107 cm³/mol. The van der Waals surface area contributed by atoms with Crippen LogP contribution in [0, 0.1) is 0 Å². The quantitative estimate of drug-likeness (QED) is 0.680. The molecule has 2 aromatic heterocycles. The van der Waals surface area contributed by atoms with E-state index < -0.39 is 0 Å². The van der Waals surface area contributed by atoms with Gasteiger partial charge in [-0.1, -0.05) is 41.9 Å². The van der Waals surface area contributed by atoms with E-state index in [4.69, 9.17) is 11.6 Å². The number of pyridine rings is 1. The van der Waals surface area contributed by atoms with Crippen molar-refractivity contribution in [2.24, 2.45) is 0 Å². The number of nitrogens with one attached hydrogen (secondary N) is 1. The van der Waals surface area contributed by atoms with Crippen LogP contribution in [0.3, 0.4) is 0 Å². The van der Waals surface area contributed by atoms with Crippen molar-refractivity contribution in [1.82, 2.24) is 19.2 Å². The zero-order valence-corrected chi connectivity index (χ0v) is 16.0. The van der Waals surface area contributed by atoms with Crippen LogP contribution in [0.4, 0.5) is 15.6 Å². The second-order valence-electron chi connectivity index (χ2n) is 6.04. The van der Waals surface area contributed by atoms with Gasteiger partial charge in [0.15, 0.2) is 5.82 Å². The number of urea groups is 1. The molecule has 1 saturated heterocycles. The Balaban J connectivity index is 1.34. The minimum Gasteiger partial charge on any atom is -0.343 e. The first-order chi connectivity index (χ1) is 13.2.